The molecule has 26 heavy (non-hydrogen) atoms. The maximum Gasteiger partial charge on any atom is 0.222 e. The average Bonchev–Trinajstić information content (AvgIpc) is 3.22. The van der Waals surface area contributed by atoms with Crippen molar-refractivity contribution in [2.75, 3.05) is 33.3 Å². The van der Waals surface area contributed by atoms with Crippen LogP contribution in [-0.4, -0.2) is 55.0 Å². The van der Waals surface area contributed by atoms with E-state index in [-0.39, 0.29) is 0 Å². The highest BCUT2D eigenvalue weighted by atomic mass is 16.5. The number of likely N-dealkylation sites (tertiary alicyclic amines) is 2. The Balaban J connectivity index is 1.21. The number of rotatable bonds is 6. The van der Waals surface area contributed by atoms with Crippen LogP contribution in [0.1, 0.15) is 44.1 Å². The molecule has 0 radical (unpaired) electrons. The molecule has 3 fully saturated rings. The Morgan fingerprint density at radius 2 is 1.88 bits per heavy atom. The van der Waals surface area contributed by atoms with E-state index in [9.17, 15) is 4.79 Å². The van der Waals surface area contributed by atoms with Crippen LogP contribution in [0.3, 0.4) is 0 Å². The molecule has 2 saturated heterocycles. The first-order valence-corrected chi connectivity index (χ1v) is 10.2. The third-order valence-electron chi connectivity index (χ3n) is 6.64. The normalized spacial score (nSPS) is 25.7. The van der Waals surface area contributed by atoms with E-state index < -0.39 is 0 Å². The van der Waals surface area contributed by atoms with Gasteiger partial charge < -0.3 is 14.5 Å². The van der Waals surface area contributed by atoms with Crippen LogP contribution in [0.25, 0.3) is 0 Å². The van der Waals surface area contributed by atoms with Gasteiger partial charge >= 0.3 is 0 Å². The van der Waals surface area contributed by atoms with E-state index >= 15 is 0 Å². The van der Waals surface area contributed by atoms with Crippen LogP contribution in [0.15, 0.2) is 30.3 Å². The summed E-state index contributed by atoms with van der Waals surface area (Å²) < 4.78 is 5.98. The fraction of sp³-hybridized carbons (Fsp3) is 0.682. The predicted octanol–water partition coefficient (Wildman–Crippen LogP) is 3.32. The number of hydrogen-bond acceptors (Lipinski definition) is 3. The summed E-state index contributed by atoms with van der Waals surface area (Å²) in [6, 6.07) is 10.8. The number of likely N-dealkylation sites (N-methyl/N-ethyl adjacent to an activating group) is 1. The molecule has 2 heterocycles. The van der Waals surface area contributed by atoms with Gasteiger partial charge in [-0.05, 0) is 37.8 Å². The highest BCUT2D eigenvalue weighted by Gasteiger charge is 2.51. The Morgan fingerprint density at radius 3 is 2.62 bits per heavy atom. The molecular formula is C22H32N2O2. The Kier molecular flexibility index (Phi) is 5.32. The van der Waals surface area contributed by atoms with Crippen molar-refractivity contribution in [2.24, 2.45) is 11.3 Å². The zero-order valence-electron chi connectivity index (χ0n) is 16.0. The van der Waals surface area contributed by atoms with Gasteiger partial charge in [0.05, 0.1) is 13.2 Å². The number of hydrogen-bond donors (Lipinski definition) is 0. The second kappa shape index (κ2) is 7.69. The molecule has 1 unspecified atom stereocenters. The average molecular weight is 357 g/mol. The lowest BCUT2D eigenvalue weighted by Gasteiger charge is -2.48. The van der Waals surface area contributed by atoms with Gasteiger partial charge in [0.2, 0.25) is 5.91 Å². The number of benzene rings is 1. The van der Waals surface area contributed by atoms with Crippen molar-refractivity contribution in [1.29, 1.82) is 0 Å². The third-order valence-corrected chi connectivity index (χ3v) is 6.64. The SMILES string of the molecule is CN1CC2(CC1COCc1ccccc1)CN(C(=O)CC1CCCC1)C2. The lowest BCUT2D eigenvalue weighted by molar-refractivity contribution is -0.143. The Hall–Kier alpha value is -1.39. The van der Waals surface area contributed by atoms with Crippen LogP contribution < -0.4 is 0 Å². The predicted molar refractivity (Wildman–Crippen MR) is 103 cm³/mol. The van der Waals surface area contributed by atoms with E-state index in [1.54, 1.807) is 0 Å². The molecule has 1 aromatic rings. The van der Waals surface area contributed by atoms with Gasteiger partial charge in [0.1, 0.15) is 0 Å². The number of carbonyl (C=O) groups excluding carboxylic acids is 1. The van der Waals surface area contributed by atoms with Crippen molar-refractivity contribution in [3.63, 3.8) is 0 Å². The van der Waals surface area contributed by atoms with Gasteiger partial charge in [-0.3, -0.25) is 4.79 Å². The van der Waals surface area contributed by atoms with Crippen LogP contribution in [0.5, 0.6) is 0 Å². The zero-order chi connectivity index (χ0) is 18.0. The van der Waals surface area contributed by atoms with Gasteiger partial charge in [0.15, 0.2) is 0 Å². The quantitative estimate of drug-likeness (QED) is 0.784. The summed E-state index contributed by atoms with van der Waals surface area (Å²) in [5.74, 6) is 1.05. The summed E-state index contributed by atoms with van der Waals surface area (Å²) in [6.07, 6.45) is 7.10. The Morgan fingerprint density at radius 1 is 1.15 bits per heavy atom. The molecule has 1 atom stereocenters. The molecule has 0 N–H and O–H groups in total. The number of carbonyl (C=O) groups is 1. The van der Waals surface area contributed by atoms with Crippen LogP contribution in [0.4, 0.5) is 0 Å². The topological polar surface area (TPSA) is 32.8 Å². The fourth-order valence-electron chi connectivity index (χ4n) is 5.21. The van der Waals surface area contributed by atoms with E-state index in [1.165, 1.54) is 31.2 Å². The third kappa shape index (κ3) is 3.96. The molecule has 4 nitrogen and oxygen atoms in total. The second-order valence-corrected chi connectivity index (χ2v) is 8.88. The zero-order valence-corrected chi connectivity index (χ0v) is 16.0. The van der Waals surface area contributed by atoms with Gasteiger partial charge in [0, 0.05) is 37.5 Å². The minimum Gasteiger partial charge on any atom is -0.375 e. The molecule has 4 rings (SSSR count). The van der Waals surface area contributed by atoms with Crippen molar-refractivity contribution < 1.29 is 9.53 Å². The maximum atomic E-state index is 12.5. The van der Waals surface area contributed by atoms with Gasteiger partial charge in [0.25, 0.3) is 0 Å². The highest BCUT2D eigenvalue weighted by Crippen LogP contribution is 2.43. The summed E-state index contributed by atoms with van der Waals surface area (Å²) in [5, 5.41) is 0. The van der Waals surface area contributed by atoms with E-state index in [1.807, 2.05) is 6.07 Å². The number of amides is 1. The smallest absolute Gasteiger partial charge is 0.222 e. The van der Waals surface area contributed by atoms with E-state index in [2.05, 4.69) is 41.1 Å². The van der Waals surface area contributed by atoms with Crippen molar-refractivity contribution in [1.82, 2.24) is 9.80 Å². The van der Waals surface area contributed by atoms with Crippen LogP contribution in [0.2, 0.25) is 0 Å². The standard InChI is InChI=1S/C22H32N2O2/c1-23-15-22(12-20(23)14-26-13-19-9-3-2-4-10-19)16-24(17-22)21(25)11-18-7-5-6-8-18/h2-4,9-10,18,20H,5-8,11-17H2,1H3. The van der Waals surface area contributed by atoms with Crippen LogP contribution in [0, 0.1) is 11.3 Å². The van der Waals surface area contributed by atoms with E-state index in [0.29, 0.717) is 29.9 Å². The monoisotopic (exact) mass is 356 g/mol. The first-order valence-electron chi connectivity index (χ1n) is 10.2. The highest BCUT2D eigenvalue weighted by molar-refractivity contribution is 5.77. The van der Waals surface area contributed by atoms with E-state index in [4.69, 9.17) is 4.74 Å². The van der Waals surface area contributed by atoms with Crippen molar-refractivity contribution >= 4 is 5.91 Å². The van der Waals surface area contributed by atoms with Crippen molar-refractivity contribution in [3.05, 3.63) is 35.9 Å². The number of ether oxygens (including phenoxy) is 1. The van der Waals surface area contributed by atoms with Gasteiger partial charge in [-0.2, -0.15) is 0 Å². The fourth-order valence-corrected chi connectivity index (χ4v) is 5.21. The molecule has 1 spiro atoms. The van der Waals surface area contributed by atoms with Crippen LogP contribution in [-0.2, 0) is 16.1 Å². The molecule has 1 saturated carbocycles. The summed E-state index contributed by atoms with van der Waals surface area (Å²) >= 11 is 0. The molecule has 1 aliphatic carbocycles. The molecule has 2 aliphatic heterocycles. The van der Waals surface area contributed by atoms with Gasteiger partial charge in [-0.15, -0.1) is 0 Å². The molecule has 1 aromatic carbocycles. The second-order valence-electron chi connectivity index (χ2n) is 8.88. The maximum absolute atomic E-state index is 12.5. The van der Waals surface area contributed by atoms with Crippen molar-refractivity contribution in [3.8, 4) is 0 Å². The van der Waals surface area contributed by atoms with Gasteiger partial charge in [-0.1, -0.05) is 43.2 Å². The lowest BCUT2D eigenvalue weighted by Crippen LogP contribution is -2.59. The lowest BCUT2D eigenvalue weighted by atomic mass is 9.77. The minimum absolute atomic E-state index is 0.320. The van der Waals surface area contributed by atoms with Gasteiger partial charge in [-0.25, -0.2) is 0 Å². The summed E-state index contributed by atoms with van der Waals surface area (Å²) in [6.45, 7) is 4.48. The Labute approximate surface area is 157 Å². The summed E-state index contributed by atoms with van der Waals surface area (Å²) in [5.41, 5.74) is 1.55. The number of nitrogens with zero attached hydrogens (tertiary/aromatic N) is 2. The van der Waals surface area contributed by atoms with Crippen LogP contribution >= 0.6 is 0 Å². The Bertz CT molecular complexity index is 606. The largest absolute Gasteiger partial charge is 0.375 e. The molecule has 0 bridgehead atoms. The van der Waals surface area contributed by atoms with Crippen molar-refractivity contribution in [2.45, 2.75) is 51.2 Å². The summed E-state index contributed by atoms with van der Waals surface area (Å²) in [4.78, 5) is 17.0. The molecular weight excluding hydrogens is 324 g/mol. The molecule has 3 aliphatic rings. The molecule has 142 valence electrons. The molecule has 4 heteroatoms. The summed E-state index contributed by atoms with van der Waals surface area (Å²) in [7, 11) is 2.20. The van der Waals surface area contributed by atoms with E-state index in [0.717, 1.165) is 39.1 Å². The first kappa shape index (κ1) is 18.0. The molecule has 1 amide bonds. The minimum atomic E-state index is 0.320. The first-order chi connectivity index (χ1) is 12.6. The molecule has 0 aromatic heterocycles.